The highest BCUT2D eigenvalue weighted by Gasteiger charge is 2.30. The molecule has 0 amide bonds. The fourth-order valence-corrected chi connectivity index (χ4v) is 6.40. The van der Waals surface area contributed by atoms with E-state index in [0.29, 0.717) is 23.4 Å². The van der Waals surface area contributed by atoms with E-state index in [1.165, 1.54) is 33.5 Å². The fourth-order valence-electron chi connectivity index (χ4n) is 4.98. The summed E-state index contributed by atoms with van der Waals surface area (Å²) < 4.78 is 44.1. The van der Waals surface area contributed by atoms with Crippen LogP contribution in [0.15, 0.2) is 89.8 Å². The number of rotatable bonds is 12. The van der Waals surface area contributed by atoms with Gasteiger partial charge in [0.1, 0.15) is 12.3 Å². The van der Waals surface area contributed by atoms with Crippen molar-refractivity contribution in [2.45, 2.75) is 37.8 Å². The molecular formula is C33H36N2O7S. The van der Waals surface area contributed by atoms with Crippen LogP contribution < -0.4 is 13.9 Å². The van der Waals surface area contributed by atoms with Gasteiger partial charge in [-0.3, -0.25) is 13.9 Å². The van der Waals surface area contributed by atoms with Gasteiger partial charge in [0.15, 0.2) is 0 Å². The minimum Gasteiger partial charge on any atom is -0.497 e. The third-order valence-electron chi connectivity index (χ3n) is 7.43. The van der Waals surface area contributed by atoms with Crippen LogP contribution in [0.3, 0.4) is 0 Å². The summed E-state index contributed by atoms with van der Waals surface area (Å²) in [4.78, 5) is 27.0. The molecule has 0 saturated heterocycles. The smallest absolute Gasteiger partial charge is 0.326 e. The zero-order chi connectivity index (χ0) is 31.1. The lowest BCUT2D eigenvalue weighted by atomic mass is 10.0. The maximum absolute atomic E-state index is 14.0. The molecular weight excluding hydrogens is 568 g/mol. The maximum Gasteiger partial charge on any atom is 0.326 e. The number of ether oxygens (including phenoxy) is 3. The number of esters is 2. The number of anilines is 2. The lowest BCUT2D eigenvalue weighted by Crippen LogP contribution is -2.37. The standard InChI is InChI=1S/C33H36N2O7S/c1-23-10-6-7-11-25(23)21-34(24(2)20-32(36)41-4)30-18-19-31(29-13-9-8-12-28(29)30)35(22-33(37)42-5)43(38,39)27-16-14-26(40-3)15-17-27/h6-19,24H,20-22H2,1-5H3/t24-/m0/s1. The summed E-state index contributed by atoms with van der Waals surface area (Å²) in [5.41, 5.74) is 3.31. The van der Waals surface area contributed by atoms with Gasteiger partial charge in [-0.25, -0.2) is 8.42 Å². The van der Waals surface area contributed by atoms with Crippen LogP contribution in [0.1, 0.15) is 24.5 Å². The molecule has 1 atom stereocenters. The minimum atomic E-state index is -4.20. The van der Waals surface area contributed by atoms with Crippen molar-refractivity contribution in [3.05, 3.63) is 96.1 Å². The lowest BCUT2D eigenvalue weighted by molar-refractivity contribution is -0.141. The Balaban J connectivity index is 1.89. The zero-order valence-corrected chi connectivity index (χ0v) is 25.8. The molecule has 0 aliphatic carbocycles. The molecule has 4 rings (SSSR count). The van der Waals surface area contributed by atoms with Gasteiger partial charge >= 0.3 is 11.9 Å². The van der Waals surface area contributed by atoms with Crippen LogP contribution in [0.25, 0.3) is 10.8 Å². The van der Waals surface area contributed by atoms with E-state index in [4.69, 9.17) is 14.2 Å². The third kappa shape index (κ3) is 6.91. The van der Waals surface area contributed by atoms with Crippen molar-refractivity contribution >= 4 is 44.1 Å². The highest BCUT2D eigenvalue weighted by molar-refractivity contribution is 7.92. The van der Waals surface area contributed by atoms with E-state index < -0.39 is 22.5 Å². The van der Waals surface area contributed by atoms with E-state index in [9.17, 15) is 18.0 Å². The van der Waals surface area contributed by atoms with Gasteiger partial charge in [0, 0.05) is 29.0 Å². The Hall–Kier alpha value is -4.57. The van der Waals surface area contributed by atoms with Crippen LogP contribution in [0.2, 0.25) is 0 Å². The Morgan fingerprint density at radius 2 is 1.35 bits per heavy atom. The van der Waals surface area contributed by atoms with Crippen molar-refractivity contribution in [1.82, 2.24) is 0 Å². The average Bonchev–Trinajstić information content (AvgIpc) is 3.02. The molecule has 0 saturated carbocycles. The number of benzene rings is 4. The first kappa shape index (κ1) is 31.4. The summed E-state index contributed by atoms with van der Waals surface area (Å²) in [6.45, 7) is 3.97. The van der Waals surface area contributed by atoms with Crippen molar-refractivity contribution in [2.24, 2.45) is 0 Å². The Labute approximate surface area is 252 Å². The normalized spacial score (nSPS) is 11.9. The minimum absolute atomic E-state index is 0.00163. The molecule has 0 aliphatic heterocycles. The molecule has 0 bridgehead atoms. The van der Waals surface area contributed by atoms with Crippen molar-refractivity contribution < 1.29 is 32.2 Å². The molecule has 43 heavy (non-hydrogen) atoms. The second-order valence-electron chi connectivity index (χ2n) is 10.1. The van der Waals surface area contributed by atoms with Gasteiger partial charge in [-0.1, -0.05) is 48.5 Å². The fraction of sp³-hybridized carbons (Fsp3) is 0.273. The van der Waals surface area contributed by atoms with E-state index >= 15 is 0 Å². The third-order valence-corrected chi connectivity index (χ3v) is 9.20. The summed E-state index contributed by atoms with van der Waals surface area (Å²) in [6, 6.07) is 24.7. The second kappa shape index (κ2) is 13.6. The predicted molar refractivity (Wildman–Crippen MR) is 167 cm³/mol. The molecule has 0 aliphatic rings. The van der Waals surface area contributed by atoms with Crippen LogP contribution in [-0.4, -0.2) is 54.3 Å². The molecule has 0 heterocycles. The van der Waals surface area contributed by atoms with E-state index in [1.807, 2.05) is 68.4 Å². The van der Waals surface area contributed by atoms with E-state index in [-0.39, 0.29) is 23.3 Å². The van der Waals surface area contributed by atoms with Crippen molar-refractivity contribution in [2.75, 3.05) is 37.1 Å². The topological polar surface area (TPSA) is 102 Å². The number of fused-ring (bicyclic) bond motifs is 1. The SMILES string of the molecule is COC(=O)C[C@H](C)N(Cc1ccccc1C)c1ccc(N(CC(=O)OC)S(=O)(=O)c2ccc(OC)cc2)c2ccccc12. The Bertz CT molecular complexity index is 1700. The number of hydrogen-bond acceptors (Lipinski definition) is 8. The molecule has 9 nitrogen and oxygen atoms in total. The first-order chi connectivity index (χ1) is 20.6. The van der Waals surface area contributed by atoms with Crippen molar-refractivity contribution in [3.63, 3.8) is 0 Å². The Kier molecular flexibility index (Phi) is 9.92. The molecule has 4 aromatic carbocycles. The van der Waals surface area contributed by atoms with Gasteiger partial charge in [0.25, 0.3) is 10.0 Å². The summed E-state index contributed by atoms with van der Waals surface area (Å²) in [5, 5.41) is 1.37. The number of carbonyl (C=O) groups is 2. The maximum atomic E-state index is 14.0. The molecule has 0 N–H and O–H groups in total. The van der Waals surface area contributed by atoms with Crippen LogP contribution in [-0.2, 0) is 35.6 Å². The van der Waals surface area contributed by atoms with Gasteiger partial charge in [0.05, 0.1) is 38.3 Å². The van der Waals surface area contributed by atoms with Gasteiger partial charge in [-0.2, -0.15) is 0 Å². The summed E-state index contributed by atoms with van der Waals surface area (Å²) in [6.07, 6.45) is 0.152. The number of sulfonamides is 1. The molecule has 0 radical (unpaired) electrons. The highest BCUT2D eigenvalue weighted by Crippen LogP contribution is 2.38. The highest BCUT2D eigenvalue weighted by atomic mass is 32.2. The predicted octanol–water partition coefficient (Wildman–Crippen LogP) is 5.48. The van der Waals surface area contributed by atoms with Crippen LogP contribution in [0, 0.1) is 6.92 Å². The summed E-state index contributed by atoms with van der Waals surface area (Å²) in [7, 11) is -0.120. The number of methoxy groups -OCH3 is 3. The van der Waals surface area contributed by atoms with Crippen molar-refractivity contribution in [1.29, 1.82) is 0 Å². The second-order valence-corrected chi connectivity index (χ2v) is 12.0. The molecule has 0 spiro atoms. The largest absolute Gasteiger partial charge is 0.497 e. The first-order valence-corrected chi connectivity index (χ1v) is 15.2. The van der Waals surface area contributed by atoms with E-state index in [2.05, 4.69) is 4.90 Å². The van der Waals surface area contributed by atoms with Crippen LogP contribution >= 0.6 is 0 Å². The number of carbonyl (C=O) groups excluding carboxylic acids is 2. The van der Waals surface area contributed by atoms with E-state index in [0.717, 1.165) is 26.5 Å². The molecule has 0 unspecified atom stereocenters. The van der Waals surface area contributed by atoms with Gasteiger partial charge in [0.2, 0.25) is 0 Å². The van der Waals surface area contributed by atoms with Crippen LogP contribution in [0.5, 0.6) is 5.75 Å². The quantitative estimate of drug-likeness (QED) is 0.196. The molecule has 0 fully saturated rings. The first-order valence-electron chi connectivity index (χ1n) is 13.7. The van der Waals surface area contributed by atoms with Gasteiger partial charge < -0.3 is 19.1 Å². The summed E-state index contributed by atoms with van der Waals surface area (Å²) in [5.74, 6) is -0.542. The Morgan fingerprint density at radius 1 is 0.767 bits per heavy atom. The van der Waals surface area contributed by atoms with Gasteiger partial charge in [-0.15, -0.1) is 0 Å². The van der Waals surface area contributed by atoms with Crippen molar-refractivity contribution in [3.8, 4) is 5.75 Å². The average molecular weight is 605 g/mol. The molecule has 10 heteroatoms. The molecule has 4 aromatic rings. The van der Waals surface area contributed by atoms with Crippen LogP contribution in [0.4, 0.5) is 11.4 Å². The number of hydrogen-bond donors (Lipinski definition) is 0. The molecule has 0 aromatic heterocycles. The zero-order valence-electron chi connectivity index (χ0n) is 24.9. The molecule has 226 valence electrons. The lowest BCUT2D eigenvalue weighted by Gasteiger charge is -2.33. The van der Waals surface area contributed by atoms with E-state index in [1.54, 1.807) is 18.2 Å². The summed E-state index contributed by atoms with van der Waals surface area (Å²) >= 11 is 0. The monoisotopic (exact) mass is 604 g/mol. The number of aryl methyl sites for hydroxylation is 1. The number of nitrogens with zero attached hydrogens (tertiary/aromatic N) is 2. The Morgan fingerprint density at radius 3 is 1.95 bits per heavy atom. The van der Waals surface area contributed by atoms with Gasteiger partial charge in [-0.05, 0) is 61.4 Å².